The molecule has 0 fully saturated rings. The quantitative estimate of drug-likeness (QED) is 0.493. The van der Waals surface area contributed by atoms with E-state index in [1.54, 1.807) is 0 Å². The molecule has 0 spiro atoms. The van der Waals surface area contributed by atoms with Gasteiger partial charge in [-0.05, 0) is 0 Å². The Hall–Kier alpha value is 0.878. The minimum absolute atomic E-state index is 0.236. The fourth-order valence-electron chi connectivity index (χ4n) is 0. The maximum absolute atomic E-state index is 8.00. The van der Waals surface area contributed by atoms with Crippen LogP contribution in [0.1, 0.15) is 0 Å². The number of nitrogens with one attached hydrogen (secondary N) is 2. The predicted octanol–water partition coefficient (Wildman–Crippen LogP) is 3.41. The molecular weight excluding hydrogens is 399 g/mol. The van der Waals surface area contributed by atoms with Crippen LogP contribution in [0.3, 0.4) is 0 Å². The van der Waals surface area contributed by atoms with Gasteiger partial charge in [0.1, 0.15) is 0 Å². The van der Waals surface area contributed by atoms with Crippen molar-refractivity contribution in [2.75, 3.05) is 13.1 Å². The molecule has 0 bridgehead atoms. The van der Waals surface area contributed by atoms with Crippen molar-refractivity contribution in [3.8, 4) is 0 Å². The van der Waals surface area contributed by atoms with Crippen molar-refractivity contribution in [3.05, 3.63) is 21.6 Å². The van der Waals surface area contributed by atoms with Gasteiger partial charge in [-0.15, -0.1) is 5.34 Å². The van der Waals surface area contributed by atoms with Crippen molar-refractivity contribution in [1.82, 2.24) is 0 Å². The molecule has 0 amide bonds. The second kappa shape index (κ2) is 22.4. The maximum Gasteiger partial charge on any atom is -0.171 e. The molecule has 9 heteroatoms. The van der Waals surface area contributed by atoms with Gasteiger partial charge in [-0.3, -0.25) is 0 Å². The van der Waals surface area contributed by atoms with E-state index in [0.717, 1.165) is 5.34 Å². The van der Waals surface area contributed by atoms with E-state index in [2.05, 4.69) is 0 Å². The topological polar surface area (TPSA) is 100 Å². The molecular formula is C2H6Cl3N3O2Pt-3. The van der Waals surface area contributed by atoms with Gasteiger partial charge in [-0.1, -0.05) is 0 Å². The first kappa shape index (κ1) is 17.8. The molecule has 0 aromatic heterocycles. The van der Waals surface area contributed by atoms with E-state index in [0.29, 0.717) is 0 Å². The van der Waals surface area contributed by atoms with E-state index < -0.39 is 14.2 Å². The normalized spacial score (nSPS) is 7.91. The maximum atomic E-state index is 8.00. The summed E-state index contributed by atoms with van der Waals surface area (Å²) in [6.07, 6.45) is 0. The fourth-order valence-corrected chi connectivity index (χ4v) is 0. The smallest absolute Gasteiger partial charge is 0.171 e. The van der Waals surface area contributed by atoms with Crippen LogP contribution in [0.5, 0.6) is 0 Å². The van der Waals surface area contributed by atoms with Crippen LogP contribution in [-0.2, 0) is 14.2 Å². The van der Waals surface area contributed by atoms with Crippen LogP contribution in [0.25, 0.3) is 11.5 Å². The van der Waals surface area contributed by atoms with Crippen molar-refractivity contribution < 1.29 is 14.2 Å². The molecule has 0 aliphatic carbocycles. The van der Waals surface area contributed by atoms with Crippen LogP contribution in [0.4, 0.5) is 0 Å². The van der Waals surface area contributed by atoms with Crippen LogP contribution in [0.2, 0.25) is 0 Å². The molecule has 0 atom stereocenters. The molecule has 5 nitrogen and oxygen atoms in total. The summed E-state index contributed by atoms with van der Waals surface area (Å²) >= 11 is -1.85. The van der Waals surface area contributed by atoms with Gasteiger partial charge in [0.15, 0.2) is 0 Å². The summed E-state index contributed by atoms with van der Waals surface area (Å²) in [5, 5.41) is 9.00. The van der Waals surface area contributed by atoms with E-state index >= 15 is 0 Å². The Bertz CT molecular complexity index is 63.8. The van der Waals surface area contributed by atoms with E-state index in [1.165, 1.54) is 0 Å². The average Bonchev–Trinajstić information content (AvgIpc) is 1.88. The van der Waals surface area contributed by atoms with Crippen LogP contribution >= 0.6 is 28.3 Å². The van der Waals surface area contributed by atoms with Gasteiger partial charge in [0.2, 0.25) is 0 Å². The molecule has 0 aromatic rings. The molecule has 0 aliphatic heterocycles. The van der Waals surface area contributed by atoms with Gasteiger partial charge >= 0.3 is 42.4 Å². The van der Waals surface area contributed by atoms with Gasteiger partial charge < -0.3 is 21.6 Å². The Morgan fingerprint density at radius 3 is 1.36 bits per heavy atom. The molecule has 0 radical (unpaired) electrons. The molecule has 0 unspecified atom stereocenters. The molecule has 0 saturated carbocycles. The summed E-state index contributed by atoms with van der Waals surface area (Å²) in [6.45, 7) is 0.472. The molecule has 0 aromatic carbocycles. The first-order valence-electron chi connectivity index (χ1n) is 1.93. The Labute approximate surface area is 82.2 Å². The zero-order chi connectivity index (χ0) is 9.70. The minimum atomic E-state index is -1.85. The predicted molar refractivity (Wildman–Crippen MR) is 45.1 cm³/mol. The Morgan fingerprint density at radius 2 is 1.36 bits per heavy atom. The Kier molecular flexibility index (Phi) is 36.4. The molecule has 0 rings (SSSR count). The van der Waals surface area contributed by atoms with Gasteiger partial charge in [0.05, 0.1) is 0 Å². The minimum Gasteiger partial charge on any atom is -0.679 e. The summed E-state index contributed by atoms with van der Waals surface area (Å²) in [4.78, 5) is 8.00. The number of hydrogen-bond acceptors (Lipinski definition) is 3. The number of rotatable bonds is 1. The van der Waals surface area contributed by atoms with E-state index in [9.17, 15) is 0 Å². The number of halogens is 3. The van der Waals surface area contributed by atoms with Crippen molar-refractivity contribution in [1.29, 1.82) is 0 Å². The van der Waals surface area contributed by atoms with E-state index in [-0.39, 0.29) is 13.1 Å². The zero-order valence-electron chi connectivity index (χ0n) is 5.13. The van der Waals surface area contributed by atoms with Gasteiger partial charge in [-0.2, -0.15) is 13.1 Å². The largest absolute Gasteiger partial charge is 0.679 e. The first-order valence-corrected chi connectivity index (χ1v) is 10.4. The van der Waals surface area contributed by atoms with Crippen LogP contribution < -0.4 is 0 Å². The van der Waals surface area contributed by atoms with Gasteiger partial charge in [-0.25, -0.2) is 0 Å². The van der Waals surface area contributed by atoms with Crippen molar-refractivity contribution >= 4 is 28.3 Å². The molecule has 11 heavy (non-hydrogen) atoms. The monoisotopic (exact) mass is 404 g/mol. The molecule has 0 aliphatic rings. The van der Waals surface area contributed by atoms with Crippen LogP contribution in [-0.4, -0.2) is 13.1 Å². The van der Waals surface area contributed by atoms with Crippen LogP contribution in [0, 0.1) is 10.1 Å². The Morgan fingerprint density at radius 1 is 1.27 bits per heavy atom. The van der Waals surface area contributed by atoms with Crippen LogP contribution in [0.15, 0.2) is 5.34 Å². The number of hydrogen-bond donors (Lipinski definition) is 0. The van der Waals surface area contributed by atoms with Gasteiger partial charge in [0.25, 0.3) is 0 Å². The SMILES string of the molecule is O=N[O-].[Cl][Pt]([Cl])[Cl].[NH-]CC[NH-]. The van der Waals surface area contributed by atoms with E-state index in [4.69, 9.17) is 49.8 Å². The standard InChI is InChI=1S/C2H6N2.3ClH.HNO2.Pt/c3-1-2-4;;;;2-1-3;/h3-4H,1-2H2;3*1H;(H,2,3);/q-2;;;;;+3/p-4. The molecule has 75 valence electrons. The van der Waals surface area contributed by atoms with Crippen molar-refractivity contribution in [2.45, 2.75) is 0 Å². The third-order valence-electron chi connectivity index (χ3n) is 0.125. The summed E-state index contributed by atoms with van der Waals surface area (Å²) in [5.41, 5.74) is 12.5. The molecule has 0 saturated heterocycles. The van der Waals surface area contributed by atoms with Crippen molar-refractivity contribution in [3.63, 3.8) is 0 Å². The Balaban J connectivity index is -0.0000000886. The second-order valence-corrected chi connectivity index (χ2v) is 10.6. The first-order chi connectivity index (χ1) is 5.06. The van der Waals surface area contributed by atoms with E-state index in [1.807, 2.05) is 0 Å². The second-order valence-electron chi connectivity index (χ2n) is 0.710. The summed E-state index contributed by atoms with van der Waals surface area (Å²) in [5.74, 6) is 0. The molecule has 2 N–H and O–H groups in total. The zero-order valence-corrected chi connectivity index (χ0v) is 9.67. The summed E-state index contributed by atoms with van der Waals surface area (Å²) < 4.78 is 0. The van der Waals surface area contributed by atoms with Crippen molar-refractivity contribution in [2.24, 2.45) is 5.34 Å². The van der Waals surface area contributed by atoms with Gasteiger partial charge in [0, 0.05) is 0 Å². The third kappa shape index (κ3) is 243. The average molecular weight is 406 g/mol. The number of nitrogens with zero attached hydrogens (tertiary/aromatic N) is 1. The molecule has 0 heterocycles. The third-order valence-corrected chi connectivity index (χ3v) is 0.125. The fraction of sp³-hybridized carbons (Fsp3) is 1.00. The summed E-state index contributed by atoms with van der Waals surface area (Å²) in [7, 11) is 14.9. The summed E-state index contributed by atoms with van der Waals surface area (Å²) in [6, 6.07) is 0.